The number of halogens is 1. The minimum Gasteiger partial charge on any atom is -0.494 e. The van der Waals surface area contributed by atoms with Crippen molar-refractivity contribution < 1.29 is 19.0 Å². The molecule has 5 nitrogen and oxygen atoms in total. The quantitative estimate of drug-likeness (QED) is 0.549. The molecule has 2 aromatic carbocycles. The van der Waals surface area contributed by atoms with E-state index in [0.29, 0.717) is 43.4 Å². The molecular formula is C19H20ClNO4S. The van der Waals surface area contributed by atoms with Gasteiger partial charge in [-0.05, 0) is 43.0 Å². The topological polar surface area (TPSA) is 56.8 Å². The van der Waals surface area contributed by atoms with Crippen LogP contribution in [0.25, 0.3) is 0 Å². The smallest absolute Gasteiger partial charge is 0.224 e. The van der Waals surface area contributed by atoms with E-state index in [2.05, 4.69) is 5.32 Å². The van der Waals surface area contributed by atoms with E-state index >= 15 is 0 Å². The maximum atomic E-state index is 12.2. The Morgan fingerprint density at radius 2 is 1.88 bits per heavy atom. The van der Waals surface area contributed by atoms with Crippen molar-refractivity contribution in [2.75, 3.05) is 31.4 Å². The van der Waals surface area contributed by atoms with Crippen molar-refractivity contribution in [1.29, 1.82) is 0 Å². The van der Waals surface area contributed by atoms with Crippen LogP contribution in [0.4, 0.5) is 5.69 Å². The Balaban J connectivity index is 1.50. The van der Waals surface area contributed by atoms with Crippen molar-refractivity contribution in [2.24, 2.45) is 0 Å². The van der Waals surface area contributed by atoms with Crippen LogP contribution in [-0.4, -0.2) is 32.0 Å². The molecule has 1 N–H and O–H groups in total. The number of fused-ring (bicyclic) bond motifs is 1. The average Bonchev–Trinajstić information content (AvgIpc) is 2.66. The van der Waals surface area contributed by atoms with E-state index < -0.39 is 0 Å². The number of amides is 1. The fourth-order valence-corrected chi connectivity index (χ4v) is 3.18. The molecule has 0 spiro atoms. The first-order chi connectivity index (χ1) is 12.7. The van der Waals surface area contributed by atoms with Gasteiger partial charge in [-0.25, -0.2) is 0 Å². The van der Waals surface area contributed by atoms with Crippen molar-refractivity contribution in [3.63, 3.8) is 0 Å². The minimum atomic E-state index is -0.0586. The molecule has 0 fully saturated rings. The number of hydrogen-bond acceptors (Lipinski definition) is 5. The second kappa shape index (κ2) is 9.05. The molecule has 2 aromatic rings. The molecule has 1 aliphatic heterocycles. The Kier molecular flexibility index (Phi) is 6.52. The summed E-state index contributed by atoms with van der Waals surface area (Å²) in [6, 6.07) is 10.9. The van der Waals surface area contributed by atoms with Crippen LogP contribution in [0.5, 0.6) is 17.2 Å². The summed E-state index contributed by atoms with van der Waals surface area (Å²) in [5.41, 5.74) is 0.741. The molecule has 138 valence electrons. The number of thioether (sulfide) groups is 1. The van der Waals surface area contributed by atoms with Gasteiger partial charge >= 0.3 is 0 Å². The maximum Gasteiger partial charge on any atom is 0.224 e. The lowest BCUT2D eigenvalue weighted by molar-refractivity contribution is -0.116. The van der Waals surface area contributed by atoms with Crippen LogP contribution in [0.1, 0.15) is 12.8 Å². The third-order valence-corrected chi connectivity index (χ3v) is 4.80. The maximum absolute atomic E-state index is 12.2. The van der Waals surface area contributed by atoms with E-state index in [1.807, 2.05) is 30.5 Å². The van der Waals surface area contributed by atoms with E-state index in [1.54, 1.807) is 23.9 Å². The van der Waals surface area contributed by atoms with Gasteiger partial charge in [0, 0.05) is 22.4 Å². The summed E-state index contributed by atoms with van der Waals surface area (Å²) in [5, 5.41) is 3.62. The van der Waals surface area contributed by atoms with Crippen molar-refractivity contribution in [3.8, 4) is 17.2 Å². The van der Waals surface area contributed by atoms with Gasteiger partial charge in [-0.2, -0.15) is 0 Å². The number of carbonyl (C=O) groups is 1. The fraction of sp³-hybridized carbons (Fsp3) is 0.316. The molecule has 0 saturated heterocycles. The number of nitrogens with one attached hydrogen (secondary N) is 1. The van der Waals surface area contributed by atoms with Crippen LogP contribution in [0.3, 0.4) is 0 Å². The van der Waals surface area contributed by atoms with Gasteiger partial charge in [0.05, 0.1) is 12.3 Å². The van der Waals surface area contributed by atoms with Gasteiger partial charge in [-0.1, -0.05) is 11.6 Å². The number of hydrogen-bond donors (Lipinski definition) is 1. The summed E-state index contributed by atoms with van der Waals surface area (Å²) in [4.78, 5) is 13.2. The number of carbonyl (C=O) groups excluding carboxylic acids is 1. The molecule has 0 atom stereocenters. The monoisotopic (exact) mass is 393 g/mol. The Morgan fingerprint density at radius 1 is 1.19 bits per heavy atom. The fourth-order valence-electron chi connectivity index (χ4n) is 2.50. The average molecular weight is 394 g/mol. The molecule has 0 aliphatic carbocycles. The number of anilines is 1. The van der Waals surface area contributed by atoms with Crippen molar-refractivity contribution in [2.45, 2.75) is 17.7 Å². The van der Waals surface area contributed by atoms with Crippen LogP contribution in [0.2, 0.25) is 5.02 Å². The molecule has 7 heteroatoms. The summed E-state index contributed by atoms with van der Waals surface area (Å²) >= 11 is 7.38. The van der Waals surface area contributed by atoms with Crippen LogP contribution >= 0.6 is 23.4 Å². The lowest BCUT2D eigenvalue weighted by atomic mass is 10.2. The molecule has 0 radical (unpaired) electrons. The van der Waals surface area contributed by atoms with E-state index in [1.165, 1.54) is 0 Å². The zero-order valence-corrected chi connectivity index (χ0v) is 16.0. The molecule has 0 aromatic heterocycles. The predicted octanol–water partition coefficient (Wildman–Crippen LogP) is 4.63. The first-order valence-corrected chi connectivity index (χ1v) is 9.92. The number of ether oxygens (including phenoxy) is 3. The zero-order chi connectivity index (χ0) is 18.4. The van der Waals surface area contributed by atoms with Gasteiger partial charge in [0.2, 0.25) is 5.91 Å². The molecule has 0 saturated carbocycles. The highest BCUT2D eigenvalue weighted by Gasteiger charge is 2.16. The van der Waals surface area contributed by atoms with Crippen molar-refractivity contribution >= 4 is 35.0 Å². The van der Waals surface area contributed by atoms with Gasteiger partial charge in [0.1, 0.15) is 19.0 Å². The Morgan fingerprint density at radius 3 is 2.58 bits per heavy atom. The Labute approximate surface area is 162 Å². The summed E-state index contributed by atoms with van der Waals surface area (Å²) < 4.78 is 16.8. The SMILES string of the molecule is CSc1cc2c(cc1NC(=O)CCCOc1ccc(Cl)cc1)OCCO2. The third kappa shape index (κ3) is 4.99. The van der Waals surface area contributed by atoms with Crippen LogP contribution in [0, 0.1) is 0 Å². The summed E-state index contributed by atoms with van der Waals surface area (Å²) in [6.07, 6.45) is 2.95. The van der Waals surface area contributed by atoms with Crippen molar-refractivity contribution in [1.82, 2.24) is 0 Å². The summed E-state index contributed by atoms with van der Waals surface area (Å²) in [7, 11) is 0. The number of benzene rings is 2. The molecule has 0 bridgehead atoms. The van der Waals surface area contributed by atoms with E-state index in [-0.39, 0.29) is 5.91 Å². The highest BCUT2D eigenvalue weighted by atomic mass is 35.5. The summed E-state index contributed by atoms with van der Waals surface area (Å²) in [5.74, 6) is 2.06. The van der Waals surface area contributed by atoms with Gasteiger partial charge in [-0.15, -0.1) is 11.8 Å². The first-order valence-electron chi connectivity index (χ1n) is 8.31. The molecule has 1 aliphatic rings. The third-order valence-electron chi connectivity index (χ3n) is 3.77. The second-order valence-corrected chi connectivity index (χ2v) is 6.93. The molecule has 26 heavy (non-hydrogen) atoms. The molecule has 0 unspecified atom stereocenters. The van der Waals surface area contributed by atoms with Crippen LogP contribution in [0.15, 0.2) is 41.3 Å². The molecule has 1 amide bonds. The van der Waals surface area contributed by atoms with Gasteiger partial charge < -0.3 is 19.5 Å². The lowest BCUT2D eigenvalue weighted by Crippen LogP contribution is -2.17. The van der Waals surface area contributed by atoms with Crippen LogP contribution < -0.4 is 19.5 Å². The van der Waals surface area contributed by atoms with Gasteiger partial charge in [0.15, 0.2) is 11.5 Å². The normalized spacial score (nSPS) is 12.5. The van der Waals surface area contributed by atoms with E-state index in [0.717, 1.165) is 22.1 Å². The van der Waals surface area contributed by atoms with E-state index in [9.17, 15) is 4.79 Å². The van der Waals surface area contributed by atoms with Gasteiger partial charge in [-0.3, -0.25) is 4.79 Å². The second-order valence-electron chi connectivity index (χ2n) is 5.65. The standard InChI is InChI=1S/C19H20ClNO4S/c1-26-18-12-17-16(24-9-10-25-17)11-15(18)21-19(22)3-2-8-23-14-6-4-13(20)5-7-14/h4-7,11-12H,2-3,8-10H2,1H3,(H,21,22). The number of rotatable bonds is 7. The molecular weight excluding hydrogens is 374 g/mol. The molecule has 3 rings (SSSR count). The van der Waals surface area contributed by atoms with Gasteiger partial charge in [0.25, 0.3) is 0 Å². The Hall–Kier alpha value is -2.05. The summed E-state index contributed by atoms with van der Waals surface area (Å²) in [6.45, 7) is 1.52. The minimum absolute atomic E-state index is 0.0586. The van der Waals surface area contributed by atoms with E-state index in [4.69, 9.17) is 25.8 Å². The lowest BCUT2D eigenvalue weighted by Gasteiger charge is -2.21. The first kappa shape index (κ1) is 18.7. The Bertz CT molecular complexity index is 767. The zero-order valence-electron chi connectivity index (χ0n) is 14.4. The van der Waals surface area contributed by atoms with Crippen molar-refractivity contribution in [3.05, 3.63) is 41.4 Å². The predicted molar refractivity (Wildman–Crippen MR) is 104 cm³/mol. The highest BCUT2D eigenvalue weighted by molar-refractivity contribution is 7.98. The van der Waals surface area contributed by atoms with Crippen LogP contribution in [-0.2, 0) is 4.79 Å². The largest absolute Gasteiger partial charge is 0.494 e. The highest BCUT2D eigenvalue weighted by Crippen LogP contribution is 2.39. The molecule has 1 heterocycles.